The summed E-state index contributed by atoms with van der Waals surface area (Å²) in [5.41, 5.74) is 17.0. The highest BCUT2D eigenvalue weighted by Crippen LogP contribution is 2.31. The van der Waals surface area contributed by atoms with Gasteiger partial charge in [-0.1, -0.05) is 77.9 Å². The topological polar surface area (TPSA) is 123 Å². The Balaban J connectivity index is 0.000000466. The van der Waals surface area contributed by atoms with Gasteiger partial charge < -0.3 is 25.9 Å². The molecule has 0 saturated carbocycles. The number of nitrogens with two attached hydrogens (primary N) is 2. The van der Waals surface area contributed by atoms with Crippen LogP contribution < -0.4 is 11.5 Å². The number of furan rings is 1. The van der Waals surface area contributed by atoms with Crippen LogP contribution in [0.3, 0.4) is 0 Å². The van der Waals surface area contributed by atoms with Gasteiger partial charge in [-0.25, -0.2) is 9.97 Å². The minimum Gasteiger partial charge on any atom is -0.456 e. The third-order valence-electron chi connectivity index (χ3n) is 4.96. The Hall–Kier alpha value is -4.12. The SMILES string of the molecule is C#C.CC(C)C.CC(C)C.NCc1ncc(-c2ccc(-c3cc4ccc(-c5cnc(CN)[nH]5)cc4o3)cc2)[nH]1. The standard InChI is InChI=1S/C22H20N6O.2C4H10.C2H2/c23-9-21-25-11-17(27-21)13-1-3-14(4-2-13)19-8-16-6-5-15(7-20(16)29-19)18-12-26-22(10-24)28-18;2*1-4(2)3;1-2/h1-8,11-12H,9-10,23-24H2,(H,25,27)(H,26,28);2*4H,1-3H3;1-2H. The minimum absolute atomic E-state index is 0.384. The van der Waals surface area contributed by atoms with Crippen molar-refractivity contribution in [1.82, 2.24) is 19.9 Å². The highest BCUT2D eigenvalue weighted by molar-refractivity contribution is 5.86. The lowest BCUT2D eigenvalue weighted by atomic mass is 10.1. The van der Waals surface area contributed by atoms with Crippen LogP contribution in [0.15, 0.2) is 65.3 Å². The molecule has 206 valence electrons. The summed E-state index contributed by atoms with van der Waals surface area (Å²) in [6, 6.07) is 16.3. The number of imidazole rings is 2. The molecule has 3 aromatic heterocycles. The third kappa shape index (κ3) is 9.29. The molecular formula is C32H42N6O. The zero-order valence-corrected chi connectivity index (χ0v) is 24.0. The number of nitrogens with one attached hydrogen (secondary N) is 2. The molecule has 6 N–H and O–H groups in total. The number of fused-ring (bicyclic) bond motifs is 1. The second-order valence-electron chi connectivity index (χ2n) is 10.3. The number of hydrogen-bond donors (Lipinski definition) is 4. The molecule has 0 bridgehead atoms. The van der Waals surface area contributed by atoms with E-state index in [9.17, 15) is 0 Å². The molecule has 39 heavy (non-hydrogen) atoms. The van der Waals surface area contributed by atoms with Crippen LogP contribution in [0.1, 0.15) is 53.2 Å². The summed E-state index contributed by atoms with van der Waals surface area (Å²) in [5, 5.41) is 1.05. The first kappa shape index (κ1) is 31.1. The van der Waals surface area contributed by atoms with Gasteiger partial charge in [-0.05, 0) is 29.5 Å². The number of benzene rings is 2. The van der Waals surface area contributed by atoms with E-state index in [1.54, 1.807) is 12.4 Å². The molecule has 0 spiro atoms. The van der Waals surface area contributed by atoms with E-state index in [2.05, 4.69) is 80.4 Å². The first-order valence-electron chi connectivity index (χ1n) is 13.2. The first-order chi connectivity index (χ1) is 18.7. The summed E-state index contributed by atoms with van der Waals surface area (Å²) in [4.78, 5) is 14.9. The average molecular weight is 527 g/mol. The fourth-order valence-corrected chi connectivity index (χ4v) is 3.38. The molecule has 0 atom stereocenters. The molecule has 0 unspecified atom stereocenters. The van der Waals surface area contributed by atoms with Crippen LogP contribution in [0, 0.1) is 24.7 Å². The van der Waals surface area contributed by atoms with Crippen molar-refractivity contribution in [2.75, 3.05) is 0 Å². The zero-order chi connectivity index (χ0) is 28.9. The molecule has 0 saturated heterocycles. The van der Waals surface area contributed by atoms with Gasteiger partial charge in [-0.3, -0.25) is 0 Å². The van der Waals surface area contributed by atoms with Crippen molar-refractivity contribution in [3.63, 3.8) is 0 Å². The monoisotopic (exact) mass is 526 g/mol. The largest absolute Gasteiger partial charge is 0.456 e. The van der Waals surface area contributed by atoms with E-state index in [4.69, 9.17) is 15.9 Å². The fourth-order valence-electron chi connectivity index (χ4n) is 3.38. The molecule has 0 amide bonds. The zero-order valence-electron chi connectivity index (χ0n) is 24.0. The summed E-state index contributed by atoms with van der Waals surface area (Å²) in [6.07, 6.45) is 11.6. The number of hydrogen-bond acceptors (Lipinski definition) is 5. The van der Waals surface area contributed by atoms with Crippen molar-refractivity contribution in [2.45, 2.75) is 54.6 Å². The number of aromatic nitrogens is 4. The molecule has 7 heteroatoms. The predicted octanol–water partition coefficient (Wildman–Crippen LogP) is 7.37. The number of nitrogens with zero attached hydrogens (tertiary/aromatic N) is 2. The molecule has 0 radical (unpaired) electrons. The number of H-pyrrole nitrogens is 2. The van der Waals surface area contributed by atoms with E-state index in [1.165, 1.54) is 0 Å². The molecule has 3 heterocycles. The van der Waals surface area contributed by atoms with E-state index in [0.29, 0.717) is 13.1 Å². The van der Waals surface area contributed by atoms with Gasteiger partial charge in [0.15, 0.2) is 0 Å². The Morgan fingerprint density at radius 3 is 1.59 bits per heavy atom. The molecule has 0 aliphatic rings. The third-order valence-corrected chi connectivity index (χ3v) is 4.96. The summed E-state index contributed by atoms with van der Waals surface area (Å²) in [7, 11) is 0. The average Bonchev–Trinajstić information content (AvgIpc) is 3.68. The van der Waals surface area contributed by atoms with Crippen molar-refractivity contribution in [3.05, 3.63) is 72.6 Å². The van der Waals surface area contributed by atoms with Gasteiger partial charge in [0.2, 0.25) is 0 Å². The number of rotatable bonds is 5. The van der Waals surface area contributed by atoms with Crippen LogP contribution in [-0.4, -0.2) is 19.9 Å². The highest BCUT2D eigenvalue weighted by atomic mass is 16.3. The van der Waals surface area contributed by atoms with Gasteiger partial charge in [-0.2, -0.15) is 0 Å². The lowest BCUT2D eigenvalue weighted by Gasteiger charge is -2.00. The smallest absolute Gasteiger partial charge is 0.135 e. The molecule has 7 nitrogen and oxygen atoms in total. The van der Waals surface area contributed by atoms with Crippen LogP contribution in [0.2, 0.25) is 0 Å². The van der Waals surface area contributed by atoms with Gasteiger partial charge in [0, 0.05) is 16.5 Å². The lowest BCUT2D eigenvalue weighted by molar-refractivity contribution is 0.631. The van der Waals surface area contributed by atoms with Crippen LogP contribution >= 0.6 is 0 Å². The fraction of sp³-hybridized carbons (Fsp3) is 0.312. The molecular weight excluding hydrogens is 484 g/mol. The van der Waals surface area contributed by atoms with E-state index in [-0.39, 0.29) is 0 Å². The number of aromatic amines is 2. The van der Waals surface area contributed by atoms with Crippen LogP contribution in [0.25, 0.3) is 44.8 Å². The minimum atomic E-state index is 0.384. The van der Waals surface area contributed by atoms with Gasteiger partial charge in [0.25, 0.3) is 0 Å². The first-order valence-corrected chi connectivity index (χ1v) is 13.2. The molecule has 0 aliphatic heterocycles. The second kappa shape index (κ2) is 15.3. The number of terminal acetylenes is 1. The van der Waals surface area contributed by atoms with E-state index in [0.717, 1.165) is 68.3 Å². The van der Waals surface area contributed by atoms with Gasteiger partial charge in [-0.15, -0.1) is 12.8 Å². The Bertz CT molecular complexity index is 1410. The van der Waals surface area contributed by atoms with E-state index in [1.807, 2.05) is 42.5 Å². The summed E-state index contributed by atoms with van der Waals surface area (Å²) < 4.78 is 6.12. The van der Waals surface area contributed by atoms with E-state index < -0.39 is 0 Å². The van der Waals surface area contributed by atoms with Gasteiger partial charge in [0.05, 0.1) is 36.9 Å². The molecule has 2 aromatic carbocycles. The van der Waals surface area contributed by atoms with Crippen molar-refractivity contribution in [3.8, 4) is 46.7 Å². The highest BCUT2D eigenvalue weighted by Gasteiger charge is 2.10. The molecule has 5 rings (SSSR count). The summed E-state index contributed by atoms with van der Waals surface area (Å²) in [6.45, 7) is 13.8. The molecule has 0 aliphatic carbocycles. The second-order valence-corrected chi connectivity index (χ2v) is 10.3. The van der Waals surface area contributed by atoms with Crippen molar-refractivity contribution < 1.29 is 4.42 Å². The normalized spacial score (nSPS) is 10.4. The lowest BCUT2D eigenvalue weighted by Crippen LogP contribution is -1.97. The van der Waals surface area contributed by atoms with Gasteiger partial charge >= 0.3 is 0 Å². The van der Waals surface area contributed by atoms with Crippen LogP contribution in [0.5, 0.6) is 0 Å². The van der Waals surface area contributed by atoms with E-state index >= 15 is 0 Å². The Morgan fingerprint density at radius 1 is 0.692 bits per heavy atom. The van der Waals surface area contributed by atoms with Crippen molar-refractivity contribution in [1.29, 1.82) is 0 Å². The molecule has 5 aromatic rings. The maximum Gasteiger partial charge on any atom is 0.135 e. The molecule has 0 fully saturated rings. The predicted molar refractivity (Wildman–Crippen MR) is 164 cm³/mol. The Labute approximate surface area is 232 Å². The van der Waals surface area contributed by atoms with Crippen molar-refractivity contribution in [2.24, 2.45) is 23.3 Å². The van der Waals surface area contributed by atoms with Gasteiger partial charge in [0.1, 0.15) is 23.0 Å². The van der Waals surface area contributed by atoms with Crippen molar-refractivity contribution >= 4 is 11.0 Å². The maximum atomic E-state index is 6.12. The summed E-state index contributed by atoms with van der Waals surface area (Å²) >= 11 is 0. The quantitative estimate of drug-likeness (QED) is 0.178. The Kier molecular flexibility index (Phi) is 12.2. The summed E-state index contributed by atoms with van der Waals surface area (Å²) in [5.74, 6) is 4.02. The van der Waals surface area contributed by atoms with Crippen LogP contribution in [0.4, 0.5) is 0 Å². The Morgan fingerprint density at radius 2 is 1.13 bits per heavy atom. The van der Waals surface area contributed by atoms with Crippen LogP contribution in [-0.2, 0) is 13.1 Å². The maximum absolute atomic E-state index is 6.12.